The third-order valence-corrected chi connectivity index (χ3v) is 4.92. The fraction of sp³-hybridized carbons (Fsp3) is 0.577. The maximum absolute atomic E-state index is 12.2. The van der Waals surface area contributed by atoms with Crippen molar-refractivity contribution in [2.45, 2.75) is 72.1 Å². The lowest BCUT2D eigenvalue weighted by Crippen LogP contribution is -2.32. The summed E-state index contributed by atoms with van der Waals surface area (Å²) in [4.78, 5) is 47.2. The zero-order valence-electron chi connectivity index (χ0n) is 22.1. The lowest BCUT2D eigenvalue weighted by Gasteiger charge is -2.17. The van der Waals surface area contributed by atoms with Crippen LogP contribution in [0.1, 0.15) is 52.9 Å². The molecule has 1 aromatic heterocycles. The maximum atomic E-state index is 12.2. The molecular formula is C26H39N2O9+. The lowest BCUT2D eigenvalue weighted by atomic mass is 10.2. The van der Waals surface area contributed by atoms with Gasteiger partial charge < -0.3 is 23.7 Å². The van der Waals surface area contributed by atoms with E-state index < -0.39 is 30.2 Å². The molecule has 0 N–H and O–H groups in total. The monoisotopic (exact) mass is 523 g/mol. The van der Waals surface area contributed by atoms with Crippen LogP contribution in [-0.4, -0.2) is 61.2 Å². The van der Waals surface area contributed by atoms with Crippen LogP contribution >= 0.6 is 0 Å². The van der Waals surface area contributed by atoms with Crippen LogP contribution in [0.4, 0.5) is 4.79 Å². The molecule has 1 atom stereocenters. The van der Waals surface area contributed by atoms with Crippen molar-refractivity contribution < 1.29 is 47.4 Å². The summed E-state index contributed by atoms with van der Waals surface area (Å²) in [5, 5.41) is 0. The van der Waals surface area contributed by atoms with E-state index in [-0.39, 0.29) is 44.0 Å². The predicted octanol–water partition coefficient (Wildman–Crippen LogP) is 3.05. The van der Waals surface area contributed by atoms with Gasteiger partial charge >= 0.3 is 24.1 Å². The summed E-state index contributed by atoms with van der Waals surface area (Å²) in [6.45, 7) is 12.2. The van der Waals surface area contributed by atoms with Crippen molar-refractivity contribution in [2.24, 2.45) is 0 Å². The van der Waals surface area contributed by atoms with Gasteiger partial charge in [-0.05, 0) is 26.7 Å². The Morgan fingerprint density at radius 1 is 0.892 bits per heavy atom. The Hall–Kier alpha value is -3.63. The number of nitrogens with zero attached hydrogens (tertiary/aromatic N) is 2. The van der Waals surface area contributed by atoms with Crippen LogP contribution in [0.15, 0.2) is 43.0 Å². The van der Waals surface area contributed by atoms with Crippen molar-refractivity contribution >= 4 is 24.1 Å². The number of carbonyl (C=O) groups is 4. The molecule has 1 rings (SSSR count). The topological polar surface area (TPSA) is 123 Å². The quantitative estimate of drug-likeness (QED) is 0.0939. The Balaban J connectivity index is 2.47. The van der Waals surface area contributed by atoms with Gasteiger partial charge in [0.2, 0.25) is 6.33 Å². The SMILES string of the molecule is C=C(C)C(=O)OCCOC(=O)OC(COC(=O)CCn1cc[n+](CCCCCC)c1)COC(=O)C(=C)C. The first-order valence-electron chi connectivity index (χ1n) is 12.3. The van der Waals surface area contributed by atoms with Crippen molar-refractivity contribution in [1.29, 1.82) is 0 Å². The molecule has 37 heavy (non-hydrogen) atoms. The Morgan fingerprint density at radius 2 is 1.54 bits per heavy atom. The maximum Gasteiger partial charge on any atom is 0.508 e. The molecule has 0 aliphatic heterocycles. The summed E-state index contributed by atoms with van der Waals surface area (Å²) in [5.74, 6) is -1.81. The number of aryl methyl sites for hydroxylation is 2. The molecule has 0 amide bonds. The van der Waals surface area contributed by atoms with Crippen molar-refractivity contribution in [3.63, 3.8) is 0 Å². The number of carbonyl (C=O) groups excluding carboxylic acids is 4. The summed E-state index contributed by atoms with van der Waals surface area (Å²) in [7, 11) is 0. The van der Waals surface area contributed by atoms with E-state index in [1.54, 1.807) is 0 Å². The van der Waals surface area contributed by atoms with Gasteiger partial charge in [-0.3, -0.25) is 4.79 Å². The van der Waals surface area contributed by atoms with Crippen molar-refractivity contribution in [1.82, 2.24) is 4.57 Å². The van der Waals surface area contributed by atoms with Gasteiger partial charge in [0.15, 0.2) is 6.10 Å². The van der Waals surface area contributed by atoms with Crippen LogP contribution in [0, 0.1) is 0 Å². The van der Waals surface area contributed by atoms with Crippen molar-refractivity contribution in [2.75, 3.05) is 26.4 Å². The largest absolute Gasteiger partial charge is 0.508 e. The van der Waals surface area contributed by atoms with Crippen LogP contribution < -0.4 is 4.57 Å². The second-order valence-corrected chi connectivity index (χ2v) is 8.52. The van der Waals surface area contributed by atoms with Crippen molar-refractivity contribution in [3.8, 4) is 0 Å². The second-order valence-electron chi connectivity index (χ2n) is 8.52. The minimum Gasteiger partial charge on any atom is -0.461 e. The number of hydrogen-bond acceptors (Lipinski definition) is 9. The molecule has 0 saturated carbocycles. The van der Waals surface area contributed by atoms with Crippen LogP contribution in [-0.2, 0) is 51.2 Å². The molecule has 0 aromatic carbocycles. The standard InChI is InChI=1S/C26H39N2O9/c1-6-7-8-9-11-27-13-14-28(19-27)12-10-23(29)35-17-22(18-36-25(31)21(4)5)37-26(32)34-16-15-33-24(30)20(2)3/h13-14,19,22H,2,4,6-12,15-18H2,1,3,5H3/q+1. The van der Waals surface area contributed by atoms with Crippen LogP contribution in [0.3, 0.4) is 0 Å². The van der Waals surface area contributed by atoms with E-state index in [1.807, 2.05) is 23.3 Å². The highest BCUT2D eigenvalue weighted by atomic mass is 16.7. The van der Waals surface area contributed by atoms with Gasteiger partial charge in [-0.25, -0.2) is 23.5 Å². The summed E-state index contributed by atoms with van der Waals surface area (Å²) >= 11 is 0. The Morgan fingerprint density at radius 3 is 2.22 bits per heavy atom. The molecule has 0 aliphatic carbocycles. The normalized spacial score (nSPS) is 11.2. The van der Waals surface area contributed by atoms with Crippen LogP contribution in [0.25, 0.3) is 0 Å². The summed E-state index contributed by atoms with van der Waals surface area (Å²) in [6, 6.07) is 0. The molecule has 0 radical (unpaired) electrons. The first kappa shape index (κ1) is 31.4. The molecule has 206 valence electrons. The molecule has 0 spiro atoms. The highest BCUT2D eigenvalue weighted by molar-refractivity contribution is 5.87. The van der Waals surface area contributed by atoms with Gasteiger partial charge in [-0.15, -0.1) is 0 Å². The fourth-order valence-corrected chi connectivity index (χ4v) is 2.86. The molecule has 11 heteroatoms. The highest BCUT2D eigenvalue weighted by Crippen LogP contribution is 2.04. The molecule has 0 bridgehead atoms. The Bertz CT molecular complexity index is 923. The number of ether oxygens (including phenoxy) is 5. The van der Waals surface area contributed by atoms with E-state index in [0.717, 1.165) is 13.0 Å². The molecule has 1 aromatic rings. The number of esters is 3. The molecule has 0 saturated heterocycles. The number of rotatable bonds is 18. The van der Waals surface area contributed by atoms with E-state index in [4.69, 9.17) is 23.7 Å². The summed E-state index contributed by atoms with van der Waals surface area (Å²) in [5.41, 5.74) is 0.370. The number of aromatic nitrogens is 2. The lowest BCUT2D eigenvalue weighted by molar-refractivity contribution is -0.696. The average molecular weight is 524 g/mol. The first-order valence-corrected chi connectivity index (χ1v) is 12.3. The van der Waals surface area contributed by atoms with Gasteiger partial charge in [-0.2, -0.15) is 0 Å². The Labute approximate surface area is 218 Å². The summed E-state index contributed by atoms with van der Waals surface area (Å²) < 4.78 is 28.9. The van der Waals surface area contributed by atoms with Gasteiger partial charge in [0, 0.05) is 11.1 Å². The minimum absolute atomic E-state index is 0.0985. The van der Waals surface area contributed by atoms with Crippen LogP contribution in [0.5, 0.6) is 0 Å². The van der Waals surface area contributed by atoms with E-state index in [1.165, 1.54) is 33.1 Å². The second kappa shape index (κ2) is 17.7. The molecular weight excluding hydrogens is 484 g/mol. The highest BCUT2D eigenvalue weighted by Gasteiger charge is 2.21. The number of imidazole rings is 1. The summed E-state index contributed by atoms with van der Waals surface area (Å²) in [6.07, 6.45) is 8.36. The zero-order chi connectivity index (χ0) is 27.6. The van der Waals surface area contributed by atoms with Gasteiger partial charge in [0.25, 0.3) is 0 Å². The van der Waals surface area contributed by atoms with Gasteiger partial charge in [0.1, 0.15) is 45.4 Å². The first-order chi connectivity index (χ1) is 17.6. The molecule has 11 nitrogen and oxygen atoms in total. The average Bonchev–Trinajstić information content (AvgIpc) is 3.32. The molecule has 0 fully saturated rings. The van der Waals surface area contributed by atoms with E-state index >= 15 is 0 Å². The van der Waals surface area contributed by atoms with Crippen molar-refractivity contribution in [3.05, 3.63) is 43.0 Å². The number of hydrogen-bond donors (Lipinski definition) is 0. The third kappa shape index (κ3) is 14.5. The molecule has 1 heterocycles. The predicted molar refractivity (Wildman–Crippen MR) is 132 cm³/mol. The van der Waals surface area contributed by atoms with Gasteiger partial charge in [-0.1, -0.05) is 32.9 Å². The fourth-order valence-electron chi connectivity index (χ4n) is 2.86. The minimum atomic E-state index is -1.10. The van der Waals surface area contributed by atoms with E-state index in [9.17, 15) is 19.2 Å². The molecule has 1 unspecified atom stereocenters. The third-order valence-electron chi connectivity index (χ3n) is 4.92. The van der Waals surface area contributed by atoms with E-state index in [0.29, 0.717) is 6.54 Å². The zero-order valence-corrected chi connectivity index (χ0v) is 22.1. The smallest absolute Gasteiger partial charge is 0.461 e. The molecule has 0 aliphatic rings. The number of unbranched alkanes of at least 4 members (excludes halogenated alkanes) is 3. The van der Waals surface area contributed by atoms with Crippen LogP contribution in [0.2, 0.25) is 0 Å². The van der Waals surface area contributed by atoms with Gasteiger partial charge in [0.05, 0.1) is 13.0 Å². The Kier molecular flexibility index (Phi) is 15.1. The van der Waals surface area contributed by atoms with E-state index in [2.05, 4.69) is 24.6 Å².